The van der Waals surface area contributed by atoms with Gasteiger partial charge >= 0.3 is 0 Å². The van der Waals surface area contributed by atoms with Gasteiger partial charge in [0, 0.05) is 29.3 Å². The molecule has 4 rings (SSSR count). The fourth-order valence-corrected chi connectivity index (χ4v) is 4.42. The zero-order valence-electron chi connectivity index (χ0n) is 14.0. The Bertz CT molecular complexity index is 862. The first-order valence-corrected chi connectivity index (χ1v) is 9.68. The van der Waals surface area contributed by atoms with Crippen molar-refractivity contribution in [2.45, 2.75) is 17.7 Å². The standard InChI is InChI=1S/C20H21N3OS/c24-20(16-8-9-18-19(11-16)22-14-21-18)23-10-4-5-15(12-23)13-25-17-6-2-1-3-7-17/h1-3,6-9,11,14-15H,4-5,10,12-13H2,(H,21,22). The summed E-state index contributed by atoms with van der Waals surface area (Å²) in [4.78, 5) is 23.5. The molecule has 25 heavy (non-hydrogen) atoms. The average molecular weight is 351 g/mol. The molecule has 3 aromatic rings. The molecule has 1 aliphatic heterocycles. The molecule has 1 aromatic heterocycles. The zero-order chi connectivity index (χ0) is 17.1. The Morgan fingerprint density at radius 1 is 1.24 bits per heavy atom. The van der Waals surface area contributed by atoms with Crippen molar-refractivity contribution in [2.75, 3.05) is 18.8 Å². The predicted octanol–water partition coefficient (Wildman–Crippen LogP) is 4.21. The number of likely N-dealkylation sites (tertiary alicyclic amines) is 1. The van der Waals surface area contributed by atoms with E-state index in [2.05, 4.69) is 34.2 Å². The Balaban J connectivity index is 1.40. The average Bonchev–Trinajstić information content (AvgIpc) is 3.14. The van der Waals surface area contributed by atoms with Gasteiger partial charge in [0.15, 0.2) is 0 Å². The molecule has 1 amide bonds. The Morgan fingerprint density at radius 3 is 3.00 bits per heavy atom. The number of benzene rings is 2. The quantitative estimate of drug-likeness (QED) is 0.717. The number of carbonyl (C=O) groups excluding carboxylic acids is 1. The molecule has 0 radical (unpaired) electrons. The first kappa shape index (κ1) is 16.2. The maximum absolute atomic E-state index is 12.9. The third-order valence-corrected chi connectivity index (χ3v) is 5.95. The molecule has 0 saturated carbocycles. The zero-order valence-corrected chi connectivity index (χ0v) is 14.8. The monoisotopic (exact) mass is 351 g/mol. The summed E-state index contributed by atoms with van der Waals surface area (Å²) in [7, 11) is 0. The summed E-state index contributed by atoms with van der Waals surface area (Å²) in [5, 5.41) is 0. The molecule has 1 saturated heterocycles. The number of H-pyrrole nitrogens is 1. The lowest BCUT2D eigenvalue weighted by Gasteiger charge is -2.32. The largest absolute Gasteiger partial charge is 0.345 e. The summed E-state index contributed by atoms with van der Waals surface area (Å²) < 4.78 is 0. The first-order chi connectivity index (χ1) is 12.3. The molecule has 1 N–H and O–H groups in total. The second-order valence-electron chi connectivity index (χ2n) is 6.52. The minimum atomic E-state index is 0.130. The number of aromatic nitrogens is 2. The van der Waals surface area contributed by atoms with E-state index in [9.17, 15) is 4.79 Å². The number of carbonyl (C=O) groups is 1. The fourth-order valence-electron chi connectivity index (χ4n) is 3.37. The molecular formula is C20H21N3OS. The molecule has 1 aliphatic rings. The fraction of sp³-hybridized carbons (Fsp3) is 0.300. The van der Waals surface area contributed by atoms with Crippen LogP contribution in [-0.4, -0.2) is 39.6 Å². The maximum Gasteiger partial charge on any atom is 0.253 e. The highest BCUT2D eigenvalue weighted by molar-refractivity contribution is 7.99. The Hall–Kier alpha value is -2.27. The summed E-state index contributed by atoms with van der Waals surface area (Å²) in [6.45, 7) is 1.70. The molecule has 1 fully saturated rings. The third-order valence-electron chi connectivity index (χ3n) is 4.70. The molecule has 0 bridgehead atoms. The number of aromatic amines is 1. The summed E-state index contributed by atoms with van der Waals surface area (Å²) >= 11 is 1.89. The highest BCUT2D eigenvalue weighted by atomic mass is 32.2. The van der Waals surface area contributed by atoms with Crippen molar-refractivity contribution in [2.24, 2.45) is 5.92 Å². The normalized spacial score (nSPS) is 17.8. The number of imidazole rings is 1. The Labute approximate surface area is 151 Å². The van der Waals surface area contributed by atoms with Gasteiger partial charge in [-0.15, -0.1) is 11.8 Å². The topological polar surface area (TPSA) is 49.0 Å². The Morgan fingerprint density at radius 2 is 2.12 bits per heavy atom. The molecule has 4 nitrogen and oxygen atoms in total. The van der Waals surface area contributed by atoms with Gasteiger partial charge in [-0.2, -0.15) is 0 Å². The molecule has 0 spiro atoms. The smallest absolute Gasteiger partial charge is 0.253 e. The summed E-state index contributed by atoms with van der Waals surface area (Å²) in [6, 6.07) is 16.2. The van der Waals surface area contributed by atoms with E-state index in [0.29, 0.717) is 5.92 Å². The van der Waals surface area contributed by atoms with Gasteiger partial charge in [0.1, 0.15) is 0 Å². The van der Waals surface area contributed by atoms with Gasteiger partial charge in [0.25, 0.3) is 5.91 Å². The van der Waals surface area contributed by atoms with Gasteiger partial charge < -0.3 is 9.88 Å². The van der Waals surface area contributed by atoms with E-state index in [0.717, 1.165) is 41.9 Å². The third kappa shape index (κ3) is 3.71. The number of nitrogens with zero attached hydrogens (tertiary/aromatic N) is 2. The molecule has 1 unspecified atom stereocenters. The number of hydrogen-bond acceptors (Lipinski definition) is 3. The van der Waals surface area contributed by atoms with Crippen LogP contribution in [0.15, 0.2) is 59.8 Å². The molecule has 1 atom stereocenters. The van der Waals surface area contributed by atoms with Crippen molar-refractivity contribution in [3.05, 3.63) is 60.4 Å². The van der Waals surface area contributed by atoms with Crippen molar-refractivity contribution in [3.63, 3.8) is 0 Å². The van der Waals surface area contributed by atoms with Crippen LogP contribution >= 0.6 is 11.8 Å². The summed E-state index contributed by atoms with van der Waals surface area (Å²) in [5.41, 5.74) is 2.56. The molecule has 0 aliphatic carbocycles. The predicted molar refractivity (Wildman–Crippen MR) is 102 cm³/mol. The minimum Gasteiger partial charge on any atom is -0.345 e. The van der Waals surface area contributed by atoms with E-state index in [1.54, 1.807) is 6.33 Å². The van der Waals surface area contributed by atoms with Crippen LogP contribution in [0, 0.1) is 5.92 Å². The van der Waals surface area contributed by atoms with Crippen molar-refractivity contribution in [1.29, 1.82) is 0 Å². The molecule has 128 valence electrons. The van der Waals surface area contributed by atoms with Crippen LogP contribution in [0.3, 0.4) is 0 Å². The van der Waals surface area contributed by atoms with Crippen molar-refractivity contribution < 1.29 is 4.79 Å². The van der Waals surface area contributed by atoms with Gasteiger partial charge in [-0.25, -0.2) is 4.98 Å². The van der Waals surface area contributed by atoms with Gasteiger partial charge in [-0.05, 0) is 49.1 Å². The highest BCUT2D eigenvalue weighted by Crippen LogP contribution is 2.26. The van der Waals surface area contributed by atoms with E-state index in [1.807, 2.05) is 40.9 Å². The summed E-state index contributed by atoms with van der Waals surface area (Å²) in [6.07, 6.45) is 3.94. The number of thioether (sulfide) groups is 1. The highest BCUT2D eigenvalue weighted by Gasteiger charge is 2.24. The molecule has 5 heteroatoms. The SMILES string of the molecule is O=C(c1ccc2nc[nH]c2c1)N1CCCC(CSc2ccccc2)C1. The lowest BCUT2D eigenvalue weighted by atomic mass is 9.99. The maximum atomic E-state index is 12.9. The van der Waals surface area contributed by atoms with Crippen LogP contribution in [0.5, 0.6) is 0 Å². The number of piperidine rings is 1. The van der Waals surface area contributed by atoms with Gasteiger partial charge in [0.2, 0.25) is 0 Å². The van der Waals surface area contributed by atoms with E-state index in [4.69, 9.17) is 0 Å². The van der Waals surface area contributed by atoms with Crippen LogP contribution in [0.2, 0.25) is 0 Å². The molecular weight excluding hydrogens is 330 g/mol. The van der Waals surface area contributed by atoms with Crippen molar-refractivity contribution in [3.8, 4) is 0 Å². The summed E-state index contributed by atoms with van der Waals surface area (Å²) in [5.74, 6) is 1.75. The van der Waals surface area contributed by atoms with Gasteiger partial charge in [-0.1, -0.05) is 18.2 Å². The van der Waals surface area contributed by atoms with Crippen LogP contribution in [0.1, 0.15) is 23.2 Å². The van der Waals surface area contributed by atoms with Crippen LogP contribution in [0.4, 0.5) is 0 Å². The van der Waals surface area contributed by atoms with Crippen LogP contribution < -0.4 is 0 Å². The van der Waals surface area contributed by atoms with Crippen LogP contribution in [-0.2, 0) is 0 Å². The Kier molecular flexibility index (Phi) is 4.74. The number of hydrogen-bond donors (Lipinski definition) is 1. The number of rotatable bonds is 4. The molecule has 2 aromatic carbocycles. The number of nitrogens with one attached hydrogen (secondary N) is 1. The number of amides is 1. The van der Waals surface area contributed by atoms with Crippen molar-refractivity contribution >= 4 is 28.7 Å². The first-order valence-electron chi connectivity index (χ1n) is 8.70. The second kappa shape index (κ2) is 7.31. The lowest BCUT2D eigenvalue weighted by Crippen LogP contribution is -2.40. The van der Waals surface area contributed by atoms with E-state index < -0.39 is 0 Å². The van der Waals surface area contributed by atoms with E-state index in [-0.39, 0.29) is 5.91 Å². The van der Waals surface area contributed by atoms with Crippen molar-refractivity contribution in [1.82, 2.24) is 14.9 Å². The van der Waals surface area contributed by atoms with E-state index in [1.165, 1.54) is 11.3 Å². The van der Waals surface area contributed by atoms with Crippen LogP contribution in [0.25, 0.3) is 11.0 Å². The number of fused-ring (bicyclic) bond motifs is 1. The lowest BCUT2D eigenvalue weighted by molar-refractivity contribution is 0.0685. The van der Waals surface area contributed by atoms with Gasteiger partial charge in [-0.3, -0.25) is 4.79 Å². The second-order valence-corrected chi connectivity index (χ2v) is 7.61. The minimum absolute atomic E-state index is 0.130. The van der Waals surface area contributed by atoms with Gasteiger partial charge in [0.05, 0.1) is 17.4 Å². The molecule has 2 heterocycles. The van der Waals surface area contributed by atoms with E-state index >= 15 is 0 Å².